The van der Waals surface area contributed by atoms with Gasteiger partial charge in [0.1, 0.15) is 5.82 Å². The van der Waals surface area contributed by atoms with Crippen molar-refractivity contribution < 1.29 is 4.79 Å². The molecule has 4 aliphatic rings. The summed E-state index contributed by atoms with van der Waals surface area (Å²) in [6.45, 7) is 5.04. The van der Waals surface area contributed by atoms with Gasteiger partial charge in [-0.2, -0.15) is 0 Å². The number of anilines is 1. The van der Waals surface area contributed by atoms with E-state index in [0.29, 0.717) is 5.56 Å². The van der Waals surface area contributed by atoms with Crippen LogP contribution in [0.25, 0.3) is 0 Å². The molecule has 3 aliphatic carbocycles. The van der Waals surface area contributed by atoms with Crippen molar-refractivity contribution in [2.45, 2.75) is 32.6 Å². The molecule has 0 spiro atoms. The minimum atomic E-state index is 0.0553. The van der Waals surface area contributed by atoms with E-state index >= 15 is 0 Å². The Bertz CT molecular complexity index is 557. The topological polar surface area (TPSA) is 36.4 Å². The molecule has 1 saturated heterocycles. The third kappa shape index (κ3) is 2.52. The Kier molecular flexibility index (Phi) is 3.78. The average Bonchev–Trinajstić information content (AvgIpc) is 3.09. The molecular weight excluding hydrogens is 286 g/mol. The fraction of sp³-hybridized carbons (Fsp3) is 0.684. The van der Waals surface area contributed by atoms with Gasteiger partial charge in [-0.3, -0.25) is 4.79 Å². The van der Waals surface area contributed by atoms with Crippen molar-refractivity contribution in [3.8, 4) is 0 Å². The van der Waals surface area contributed by atoms with Gasteiger partial charge in [0.15, 0.2) is 0 Å². The van der Waals surface area contributed by atoms with E-state index < -0.39 is 0 Å². The molecule has 1 amide bonds. The molecule has 1 aromatic rings. The lowest BCUT2D eigenvalue weighted by Gasteiger charge is -2.44. The Balaban J connectivity index is 1.48. The number of nitrogens with zero attached hydrogens (tertiary/aromatic N) is 3. The summed E-state index contributed by atoms with van der Waals surface area (Å²) in [5.41, 5.74) is 0.690. The molecule has 1 aliphatic heterocycles. The van der Waals surface area contributed by atoms with Gasteiger partial charge in [0.2, 0.25) is 0 Å². The van der Waals surface area contributed by atoms with Gasteiger partial charge >= 0.3 is 0 Å². The standard InChI is InChI=1S/C19H27N3O/c1-3-21(2)19(23)15-8-9-18(20-10-15)22-11-16-13-4-5-14(7-6-13)17(16)12-22/h8-10,13-14,16-17H,3-7,11-12H2,1-2H3/t13?,14?,16-,17+. The molecule has 2 heterocycles. The number of carbonyl (C=O) groups is 1. The highest BCUT2D eigenvalue weighted by molar-refractivity contribution is 5.93. The fourth-order valence-electron chi connectivity index (χ4n) is 5.10. The van der Waals surface area contributed by atoms with Crippen LogP contribution in [-0.2, 0) is 0 Å². The van der Waals surface area contributed by atoms with Gasteiger partial charge in [-0.05, 0) is 68.4 Å². The highest BCUT2D eigenvalue weighted by Gasteiger charge is 2.48. The van der Waals surface area contributed by atoms with Crippen molar-refractivity contribution in [3.63, 3.8) is 0 Å². The van der Waals surface area contributed by atoms with Crippen molar-refractivity contribution in [1.82, 2.24) is 9.88 Å². The summed E-state index contributed by atoms with van der Waals surface area (Å²) in [5.74, 6) is 4.78. The number of pyridine rings is 1. The summed E-state index contributed by atoms with van der Waals surface area (Å²) in [5, 5.41) is 0. The number of rotatable bonds is 3. The maximum Gasteiger partial charge on any atom is 0.255 e. The predicted octanol–water partition coefficient (Wildman–Crippen LogP) is 3.05. The summed E-state index contributed by atoms with van der Waals surface area (Å²) in [6, 6.07) is 3.98. The van der Waals surface area contributed by atoms with E-state index in [0.717, 1.165) is 36.0 Å². The van der Waals surface area contributed by atoms with Crippen molar-refractivity contribution in [1.29, 1.82) is 0 Å². The Morgan fingerprint density at radius 3 is 2.26 bits per heavy atom. The van der Waals surface area contributed by atoms with Crippen LogP contribution in [0.5, 0.6) is 0 Å². The molecule has 0 aromatic carbocycles. The van der Waals surface area contributed by atoms with E-state index in [1.54, 1.807) is 11.1 Å². The zero-order chi connectivity index (χ0) is 16.0. The van der Waals surface area contributed by atoms with Gasteiger partial charge < -0.3 is 9.80 Å². The van der Waals surface area contributed by atoms with Crippen LogP contribution in [0.15, 0.2) is 18.3 Å². The van der Waals surface area contributed by atoms with E-state index in [1.165, 1.54) is 38.8 Å². The zero-order valence-corrected chi connectivity index (χ0v) is 14.2. The molecule has 0 radical (unpaired) electrons. The first-order chi connectivity index (χ1) is 11.2. The minimum absolute atomic E-state index is 0.0553. The summed E-state index contributed by atoms with van der Waals surface area (Å²) in [4.78, 5) is 21.0. The smallest absolute Gasteiger partial charge is 0.255 e. The molecule has 5 rings (SSSR count). The largest absolute Gasteiger partial charge is 0.356 e. The van der Waals surface area contributed by atoms with Crippen LogP contribution in [0.4, 0.5) is 5.82 Å². The Morgan fingerprint density at radius 1 is 1.17 bits per heavy atom. The molecule has 23 heavy (non-hydrogen) atoms. The molecule has 2 atom stereocenters. The van der Waals surface area contributed by atoms with Gasteiger partial charge in [0.05, 0.1) is 5.56 Å². The highest BCUT2D eigenvalue weighted by atomic mass is 16.2. The molecular formula is C19H27N3O. The van der Waals surface area contributed by atoms with Gasteiger partial charge in [-0.15, -0.1) is 0 Å². The fourth-order valence-corrected chi connectivity index (χ4v) is 5.10. The average molecular weight is 313 g/mol. The second-order valence-electron chi connectivity index (χ2n) is 7.63. The van der Waals surface area contributed by atoms with Crippen LogP contribution in [0, 0.1) is 23.7 Å². The maximum absolute atomic E-state index is 12.2. The monoisotopic (exact) mass is 313 g/mol. The number of amides is 1. The Hall–Kier alpha value is -1.58. The molecule has 4 fully saturated rings. The second-order valence-corrected chi connectivity index (χ2v) is 7.63. The first-order valence-corrected chi connectivity index (χ1v) is 9.13. The Labute approximate surface area is 138 Å². The molecule has 3 saturated carbocycles. The van der Waals surface area contributed by atoms with Crippen molar-refractivity contribution in [3.05, 3.63) is 23.9 Å². The van der Waals surface area contributed by atoms with Crippen LogP contribution in [0.3, 0.4) is 0 Å². The summed E-state index contributed by atoms with van der Waals surface area (Å²) in [6.07, 6.45) is 7.54. The molecule has 124 valence electrons. The molecule has 0 N–H and O–H groups in total. The van der Waals surface area contributed by atoms with E-state index in [-0.39, 0.29) is 5.91 Å². The van der Waals surface area contributed by atoms with E-state index in [1.807, 2.05) is 26.1 Å². The van der Waals surface area contributed by atoms with Gasteiger partial charge in [0.25, 0.3) is 5.91 Å². The minimum Gasteiger partial charge on any atom is -0.356 e. The maximum atomic E-state index is 12.2. The van der Waals surface area contributed by atoms with Gasteiger partial charge in [0, 0.05) is 32.9 Å². The first-order valence-electron chi connectivity index (χ1n) is 9.13. The summed E-state index contributed by atoms with van der Waals surface area (Å²) in [7, 11) is 1.83. The number of aromatic nitrogens is 1. The lowest BCUT2D eigenvalue weighted by Crippen LogP contribution is -2.38. The van der Waals surface area contributed by atoms with E-state index in [9.17, 15) is 4.79 Å². The van der Waals surface area contributed by atoms with Crippen molar-refractivity contribution in [2.75, 3.05) is 31.6 Å². The van der Waals surface area contributed by atoms with E-state index in [4.69, 9.17) is 0 Å². The SMILES string of the molecule is CCN(C)C(=O)c1ccc(N2C[C@@H]3C4CCC(CC4)[C@@H]3C2)nc1. The lowest BCUT2D eigenvalue weighted by molar-refractivity contribution is 0.0577. The lowest BCUT2D eigenvalue weighted by atomic mass is 9.60. The van der Waals surface area contributed by atoms with Crippen LogP contribution in [-0.4, -0.2) is 42.5 Å². The zero-order valence-electron chi connectivity index (χ0n) is 14.2. The quantitative estimate of drug-likeness (QED) is 0.860. The van der Waals surface area contributed by atoms with Crippen molar-refractivity contribution >= 4 is 11.7 Å². The molecule has 2 bridgehead atoms. The number of carbonyl (C=O) groups excluding carboxylic acids is 1. The number of fused-ring (bicyclic) bond motifs is 2. The molecule has 4 heteroatoms. The van der Waals surface area contributed by atoms with Crippen LogP contribution in [0.1, 0.15) is 43.0 Å². The number of hydrogen-bond acceptors (Lipinski definition) is 3. The Morgan fingerprint density at radius 2 is 1.78 bits per heavy atom. The highest BCUT2D eigenvalue weighted by Crippen LogP contribution is 2.52. The molecule has 1 aromatic heterocycles. The first kappa shape index (κ1) is 15.0. The number of hydrogen-bond donors (Lipinski definition) is 0. The summed E-state index contributed by atoms with van der Waals surface area (Å²) < 4.78 is 0. The summed E-state index contributed by atoms with van der Waals surface area (Å²) >= 11 is 0. The molecule has 4 nitrogen and oxygen atoms in total. The van der Waals surface area contributed by atoms with Crippen molar-refractivity contribution in [2.24, 2.45) is 23.7 Å². The predicted molar refractivity (Wildman–Crippen MR) is 91.5 cm³/mol. The molecule has 0 unspecified atom stereocenters. The van der Waals surface area contributed by atoms with Crippen LogP contribution in [0.2, 0.25) is 0 Å². The third-order valence-corrected chi connectivity index (χ3v) is 6.58. The second kappa shape index (κ2) is 5.81. The van der Waals surface area contributed by atoms with Crippen LogP contribution >= 0.6 is 0 Å². The van der Waals surface area contributed by atoms with Crippen LogP contribution < -0.4 is 4.90 Å². The third-order valence-electron chi connectivity index (χ3n) is 6.58. The van der Waals surface area contributed by atoms with Gasteiger partial charge in [-0.1, -0.05) is 0 Å². The normalized spacial score (nSPS) is 32.0. The van der Waals surface area contributed by atoms with Gasteiger partial charge in [-0.25, -0.2) is 4.98 Å². The van der Waals surface area contributed by atoms with E-state index in [2.05, 4.69) is 9.88 Å².